The topological polar surface area (TPSA) is 40.9 Å². The fourth-order valence-electron chi connectivity index (χ4n) is 2.33. The van der Waals surface area contributed by atoms with Crippen molar-refractivity contribution < 1.29 is 4.79 Å². The van der Waals surface area contributed by atoms with Gasteiger partial charge in [0.25, 0.3) is 0 Å². The van der Waals surface area contributed by atoms with Crippen LogP contribution in [-0.4, -0.2) is 11.5 Å². The minimum Gasteiger partial charge on any atom is -0.309 e. The van der Waals surface area contributed by atoms with Crippen LogP contribution in [0.15, 0.2) is 0 Å². The molecule has 2 aliphatic rings. The summed E-state index contributed by atoms with van der Waals surface area (Å²) in [6.07, 6.45) is 5.72. The molecule has 2 rings (SSSR count). The SMILES string of the molecule is N=C1CC(=O)CC2(CCC2)C1. The first-order valence-corrected chi connectivity index (χ1v) is 4.28. The van der Waals surface area contributed by atoms with Crippen molar-refractivity contribution in [2.75, 3.05) is 0 Å². The van der Waals surface area contributed by atoms with E-state index in [2.05, 4.69) is 0 Å². The van der Waals surface area contributed by atoms with E-state index in [4.69, 9.17) is 5.41 Å². The minimum atomic E-state index is 0.270. The molecule has 0 unspecified atom stereocenters. The highest BCUT2D eigenvalue weighted by atomic mass is 16.1. The number of carbonyl (C=O) groups excluding carboxylic acids is 1. The summed E-state index contributed by atoms with van der Waals surface area (Å²) in [5.74, 6) is 0.293. The standard InChI is InChI=1S/C9H13NO/c10-7-4-8(11)6-9(5-7)2-1-3-9/h10H,1-6H2. The van der Waals surface area contributed by atoms with Crippen molar-refractivity contribution in [3.8, 4) is 0 Å². The van der Waals surface area contributed by atoms with Crippen LogP contribution in [0, 0.1) is 10.8 Å². The number of ketones is 1. The molecule has 2 fully saturated rings. The number of hydrogen-bond donors (Lipinski definition) is 1. The molecule has 0 bridgehead atoms. The quantitative estimate of drug-likeness (QED) is 0.564. The van der Waals surface area contributed by atoms with E-state index >= 15 is 0 Å². The van der Waals surface area contributed by atoms with E-state index in [0.29, 0.717) is 17.9 Å². The van der Waals surface area contributed by atoms with Gasteiger partial charge in [-0.25, -0.2) is 0 Å². The fraction of sp³-hybridized carbons (Fsp3) is 0.778. The first-order valence-electron chi connectivity index (χ1n) is 4.28. The van der Waals surface area contributed by atoms with Crippen molar-refractivity contribution in [3.05, 3.63) is 0 Å². The van der Waals surface area contributed by atoms with E-state index < -0.39 is 0 Å². The lowest BCUT2D eigenvalue weighted by Crippen LogP contribution is -2.38. The third-order valence-electron chi connectivity index (χ3n) is 2.99. The van der Waals surface area contributed by atoms with E-state index in [1.807, 2.05) is 0 Å². The van der Waals surface area contributed by atoms with E-state index in [-0.39, 0.29) is 5.41 Å². The fourth-order valence-corrected chi connectivity index (χ4v) is 2.33. The van der Waals surface area contributed by atoms with Crippen LogP contribution in [0.25, 0.3) is 0 Å². The molecule has 1 N–H and O–H groups in total. The first-order chi connectivity index (χ1) is 5.20. The lowest BCUT2D eigenvalue weighted by molar-refractivity contribution is -0.122. The summed E-state index contributed by atoms with van der Waals surface area (Å²) >= 11 is 0. The highest BCUT2D eigenvalue weighted by Crippen LogP contribution is 2.49. The van der Waals surface area contributed by atoms with Crippen molar-refractivity contribution in [2.24, 2.45) is 5.41 Å². The van der Waals surface area contributed by atoms with E-state index in [0.717, 1.165) is 12.8 Å². The van der Waals surface area contributed by atoms with Gasteiger partial charge < -0.3 is 5.41 Å². The summed E-state index contributed by atoms with van der Waals surface area (Å²) in [7, 11) is 0. The number of rotatable bonds is 0. The van der Waals surface area contributed by atoms with Gasteiger partial charge in [0, 0.05) is 18.6 Å². The molecule has 2 heteroatoms. The van der Waals surface area contributed by atoms with Crippen LogP contribution in [0.4, 0.5) is 0 Å². The summed E-state index contributed by atoms with van der Waals surface area (Å²) in [6, 6.07) is 0. The first kappa shape index (κ1) is 7.01. The molecule has 0 heterocycles. The monoisotopic (exact) mass is 151 g/mol. The number of carbonyl (C=O) groups is 1. The second kappa shape index (κ2) is 2.16. The van der Waals surface area contributed by atoms with Gasteiger partial charge >= 0.3 is 0 Å². The van der Waals surface area contributed by atoms with Crippen molar-refractivity contribution in [2.45, 2.75) is 38.5 Å². The number of Topliss-reactive ketones (excluding diaryl/α,β-unsaturated/α-hetero) is 1. The zero-order valence-electron chi connectivity index (χ0n) is 6.65. The van der Waals surface area contributed by atoms with Crippen LogP contribution in [0.5, 0.6) is 0 Å². The molecule has 0 radical (unpaired) electrons. The summed E-state index contributed by atoms with van der Waals surface area (Å²) in [5.41, 5.74) is 0.938. The number of hydrogen-bond acceptors (Lipinski definition) is 2. The zero-order valence-corrected chi connectivity index (χ0v) is 6.65. The second-order valence-corrected chi connectivity index (χ2v) is 4.03. The highest BCUT2D eigenvalue weighted by molar-refractivity contribution is 6.03. The molecule has 0 aromatic carbocycles. The smallest absolute Gasteiger partial charge is 0.139 e. The average molecular weight is 151 g/mol. The summed E-state index contributed by atoms with van der Waals surface area (Å²) < 4.78 is 0. The molecule has 2 nitrogen and oxygen atoms in total. The molecule has 2 aliphatic carbocycles. The lowest BCUT2D eigenvalue weighted by Gasteiger charge is -2.44. The second-order valence-electron chi connectivity index (χ2n) is 4.03. The van der Waals surface area contributed by atoms with Gasteiger partial charge in [0.05, 0.1) is 0 Å². The normalized spacial score (nSPS) is 28.7. The van der Waals surface area contributed by atoms with Crippen molar-refractivity contribution in [1.29, 1.82) is 5.41 Å². The molecule has 0 amide bonds. The van der Waals surface area contributed by atoms with Gasteiger partial charge in [-0.05, 0) is 24.7 Å². The molecule has 11 heavy (non-hydrogen) atoms. The van der Waals surface area contributed by atoms with Crippen molar-refractivity contribution in [1.82, 2.24) is 0 Å². The maximum absolute atomic E-state index is 11.1. The highest BCUT2D eigenvalue weighted by Gasteiger charge is 2.42. The predicted octanol–water partition coefficient (Wildman–Crippen LogP) is 1.93. The summed E-state index contributed by atoms with van der Waals surface area (Å²) in [5, 5.41) is 7.49. The Morgan fingerprint density at radius 1 is 1.27 bits per heavy atom. The maximum atomic E-state index is 11.1. The van der Waals surface area contributed by atoms with Gasteiger partial charge in [-0.15, -0.1) is 0 Å². The van der Waals surface area contributed by atoms with Gasteiger partial charge in [0.2, 0.25) is 0 Å². The lowest BCUT2D eigenvalue weighted by atomic mass is 9.60. The number of nitrogens with one attached hydrogen (secondary N) is 1. The Kier molecular flexibility index (Phi) is 1.38. The van der Waals surface area contributed by atoms with Gasteiger partial charge in [0.15, 0.2) is 0 Å². The molecule has 0 atom stereocenters. The average Bonchev–Trinajstić information content (AvgIpc) is 1.82. The summed E-state index contributed by atoms with van der Waals surface area (Å²) in [4.78, 5) is 11.1. The molecular weight excluding hydrogens is 138 g/mol. The third kappa shape index (κ3) is 1.10. The van der Waals surface area contributed by atoms with Gasteiger partial charge in [0.1, 0.15) is 5.78 Å². The Bertz CT molecular complexity index is 198. The predicted molar refractivity (Wildman–Crippen MR) is 42.9 cm³/mol. The Labute approximate surface area is 66.5 Å². The van der Waals surface area contributed by atoms with Crippen molar-refractivity contribution >= 4 is 11.5 Å². The molecule has 0 saturated heterocycles. The molecule has 0 aromatic rings. The van der Waals surface area contributed by atoms with Crippen LogP contribution < -0.4 is 0 Å². The molecule has 1 spiro atoms. The molecule has 0 aliphatic heterocycles. The largest absolute Gasteiger partial charge is 0.309 e. The Balaban J connectivity index is 2.12. The van der Waals surface area contributed by atoms with E-state index in [1.165, 1.54) is 19.3 Å². The maximum Gasteiger partial charge on any atom is 0.139 e. The van der Waals surface area contributed by atoms with Crippen LogP contribution in [-0.2, 0) is 4.79 Å². The Hall–Kier alpha value is -0.660. The molecule has 2 saturated carbocycles. The van der Waals surface area contributed by atoms with Crippen LogP contribution in [0.1, 0.15) is 38.5 Å². The minimum absolute atomic E-state index is 0.270. The van der Waals surface area contributed by atoms with Crippen LogP contribution in [0.3, 0.4) is 0 Å². The van der Waals surface area contributed by atoms with Gasteiger partial charge in [-0.2, -0.15) is 0 Å². The van der Waals surface area contributed by atoms with Gasteiger partial charge in [-0.3, -0.25) is 4.79 Å². The van der Waals surface area contributed by atoms with Gasteiger partial charge in [-0.1, -0.05) is 6.42 Å². The zero-order chi connectivity index (χ0) is 7.90. The van der Waals surface area contributed by atoms with E-state index in [9.17, 15) is 4.79 Å². The molecule has 0 aromatic heterocycles. The Morgan fingerprint density at radius 3 is 2.45 bits per heavy atom. The molecular formula is C9H13NO. The van der Waals surface area contributed by atoms with Crippen molar-refractivity contribution in [3.63, 3.8) is 0 Å². The Morgan fingerprint density at radius 2 is 2.00 bits per heavy atom. The summed E-state index contributed by atoms with van der Waals surface area (Å²) in [6.45, 7) is 0. The van der Waals surface area contributed by atoms with E-state index in [1.54, 1.807) is 0 Å². The van der Waals surface area contributed by atoms with Crippen LogP contribution in [0.2, 0.25) is 0 Å². The third-order valence-corrected chi connectivity index (χ3v) is 2.99. The molecule has 60 valence electrons. The van der Waals surface area contributed by atoms with Crippen LogP contribution >= 0.6 is 0 Å².